The minimum absolute atomic E-state index is 0.296. The highest BCUT2D eigenvalue weighted by molar-refractivity contribution is 7.92. The number of hydrogen-bond acceptors (Lipinski definition) is 3. The first-order valence-electron chi connectivity index (χ1n) is 5.37. The van der Waals surface area contributed by atoms with Crippen molar-refractivity contribution in [1.82, 2.24) is 4.98 Å². The Hall–Kier alpha value is -0.900. The average Bonchev–Trinajstić information content (AvgIpc) is 2.16. The Morgan fingerprint density at radius 3 is 2.06 bits per heavy atom. The smallest absolute Gasteiger partial charge is 0.184 e. The minimum atomic E-state index is -3.28. The van der Waals surface area contributed by atoms with Crippen molar-refractivity contribution in [2.24, 2.45) is 0 Å². The van der Waals surface area contributed by atoms with E-state index < -0.39 is 14.6 Å². The van der Waals surface area contributed by atoms with E-state index in [1.165, 1.54) is 6.20 Å². The van der Waals surface area contributed by atoms with E-state index in [2.05, 4.69) is 4.98 Å². The summed E-state index contributed by atoms with van der Waals surface area (Å²) in [7, 11) is -3.28. The number of sulfone groups is 1. The fourth-order valence-corrected chi connectivity index (χ4v) is 2.39. The van der Waals surface area contributed by atoms with Gasteiger partial charge in [-0.25, -0.2) is 8.42 Å². The molecule has 0 bridgehead atoms. The van der Waals surface area contributed by atoms with E-state index in [9.17, 15) is 8.42 Å². The molecule has 0 aliphatic rings. The Morgan fingerprint density at radius 2 is 1.75 bits per heavy atom. The predicted molar refractivity (Wildman–Crippen MR) is 65.3 cm³/mol. The minimum Gasteiger partial charge on any atom is -0.260 e. The molecule has 0 saturated carbocycles. The third-order valence-corrected chi connectivity index (χ3v) is 4.94. The molecule has 0 aliphatic heterocycles. The van der Waals surface area contributed by atoms with Gasteiger partial charge in [-0.2, -0.15) is 0 Å². The predicted octanol–water partition coefficient (Wildman–Crippen LogP) is 2.78. The molecule has 1 aromatic heterocycles. The van der Waals surface area contributed by atoms with Crippen molar-refractivity contribution in [1.29, 1.82) is 0 Å². The van der Waals surface area contributed by atoms with Crippen LogP contribution in [0.2, 0.25) is 0 Å². The molecule has 0 aromatic carbocycles. The van der Waals surface area contributed by atoms with Gasteiger partial charge in [0.25, 0.3) is 0 Å². The number of nitrogens with zero attached hydrogens (tertiary/aromatic N) is 1. The van der Waals surface area contributed by atoms with Crippen molar-refractivity contribution in [2.75, 3.05) is 0 Å². The van der Waals surface area contributed by atoms with E-state index in [-0.39, 0.29) is 0 Å². The molecule has 3 nitrogen and oxygen atoms in total. The SMILES string of the molecule is CC(C)c1ccc(S(=O)(=O)C(C)(C)C)cn1. The molecular weight excluding hydrogens is 222 g/mol. The van der Waals surface area contributed by atoms with Crippen LogP contribution in [0.15, 0.2) is 23.2 Å². The quantitative estimate of drug-likeness (QED) is 0.800. The van der Waals surface area contributed by atoms with Gasteiger partial charge in [-0.15, -0.1) is 0 Å². The van der Waals surface area contributed by atoms with Crippen LogP contribution in [-0.2, 0) is 9.84 Å². The maximum Gasteiger partial charge on any atom is 0.184 e. The number of pyridine rings is 1. The molecule has 0 amide bonds. The molecule has 1 heterocycles. The third-order valence-electron chi connectivity index (χ3n) is 2.47. The maximum atomic E-state index is 12.1. The molecule has 0 aliphatic carbocycles. The molecule has 1 aromatic rings. The lowest BCUT2D eigenvalue weighted by Gasteiger charge is -2.19. The third kappa shape index (κ3) is 2.43. The van der Waals surface area contributed by atoms with Gasteiger partial charge < -0.3 is 0 Å². The highest BCUT2D eigenvalue weighted by atomic mass is 32.2. The lowest BCUT2D eigenvalue weighted by atomic mass is 10.1. The molecule has 0 fully saturated rings. The van der Waals surface area contributed by atoms with Crippen LogP contribution in [-0.4, -0.2) is 18.1 Å². The Balaban J connectivity index is 3.18. The van der Waals surface area contributed by atoms with Gasteiger partial charge in [0.15, 0.2) is 9.84 Å². The normalized spacial score (nSPS) is 13.1. The van der Waals surface area contributed by atoms with Gasteiger partial charge in [0.1, 0.15) is 0 Å². The summed E-state index contributed by atoms with van der Waals surface area (Å²) < 4.78 is 23.4. The summed E-state index contributed by atoms with van der Waals surface area (Å²) in [6, 6.07) is 3.42. The van der Waals surface area contributed by atoms with Gasteiger partial charge in [-0.3, -0.25) is 4.98 Å². The van der Waals surface area contributed by atoms with Crippen molar-refractivity contribution in [3.63, 3.8) is 0 Å². The van der Waals surface area contributed by atoms with Crippen molar-refractivity contribution >= 4 is 9.84 Å². The highest BCUT2D eigenvalue weighted by Crippen LogP contribution is 2.24. The molecule has 0 spiro atoms. The average molecular weight is 241 g/mol. The molecule has 0 unspecified atom stereocenters. The highest BCUT2D eigenvalue weighted by Gasteiger charge is 2.30. The molecule has 0 N–H and O–H groups in total. The number of aromatic nitrogens is 1. The standard InChI is InChI=1S/C12H19NO2S/c1-9(2)11-7-6-10(8-13-11)16(14,15)12(3,4)5/h6-9H,1-5H3. The van der Waals surface area contributed by atoms with Gasteiger partial charge in [-0.1, -0.05) is 13.8 Å². The van der Waals surface area contributed by atoms with Crippen LogP contribution < -0.4 is 0 Å². The zero-order valence-corrected chi connectivity index (χ0v) is 11.3. The van der Waals surface area contributed by atoms with Crippen molar-refractivity contribution in [3.05, 3.63) is 24.0 Å². The monoisotopic (exact) mass is 241 g/mol. The Kier molecular flexibility index (Phi) is 3.43. The summed E-state index contributed by atoms with van der Waals surface area (Å²) in [6.45, 7) is 9.14. The second-order valence-corrected chi connectivity index (χ2v) is 7.89. The molecule has 90 valence electrons. The Labute approximate surface area is 97.8 Å². The number of rotatable bonds is 2. The topological polar surface area (TPSA) is 47.0 Å². The molecule has 0 atom stereocenters. The van der Waals surface area contributed by atoms with Gasteiger partial charge in [0.05, 0.1) is 9.64 Å². The van der Waals surface area contributed by atoms with Gasteiger partial charge in [0, 0.05) is 11.9 Å². The molecule has 1 rings (SSSR count). The second kappa shape index (κ2) is 4.17. The largest absolute Gasteiger partial charge is 0.260 e. The first kappa shape index (κ1) is 13.2. The number of hydrogen-bond donors (Lipinski definition) is 0. The van der Waals surface area contributed by atoms with E-state index in [0.29, 0.717) is 10.8 Å². The van der Waals surface area contributed by atoms with Crippen LogP contribution in [0.1, 0.15) is 46.2 Å². The van der Waals surface area contributed by atoms with Crippen LogP contribution in [0.4, 0.5) is 0 Å². The van der Waals surface area contributed by atoms with Crippen molar-refractivity contribution < 1.29 is 8.42 Å². The van der Waals surface area contributed by atoms with E-state index in [0.717, 1.165) is 5.69 Å². The van der Waals surface area contributed by atoms with Crippen LogP contribution in [0.25, 0.3) is 0 Å². The molecule has 4 heteroatoms. The summed E-state index contributed by atoms with van der Waals surface area (Å²) in [4.78, 5) is 4.47. The van der Waals surface area contributed by atoms with Gasteiger partial charge in [0.2, 0.25) is 0 Å². The zero-order valence-electron chi connectivity index (χ0n) is 10.5. The van der Waals surface area contributed by atoms with Gasteiger partial charge >= 0.3 is 0 Å². The van der Waals surface area contributed by atoms with E-state index >= 15 is 0 Å². The van der Waals surface area contributed by atoms with Crippen LogP contribution in [0.5, 0.6) is 0 Å². The zero-order chi connectivity index (χ0) is 12.6. The molecular formula is C12H19NO2S. The van der Waals surface area contributed by atoms with E-state index in [4.69, 9.17) is 0 Å². The summed E-state index contributed by atoms with van der Waals surface area (Å²) >= 11 is 0. The van der Waals surface area contributed by atoms with Gasteiger partial charge in [-0.05, 0) is 38.8 Å². The Morgan fingerprint density at radius 1 is 1.19 bits per heavy atom. The molecule has 0 radical (unpaired) electrons. The summed E-state index contributed by atoms with van der Waals surface area (Å²) in [5.74, 6) is 0.311. The summed E-state index contributed by atoms with van der Waals surface area (Å²) in [5, 5.41) is 0. The molecule has 16 heavy (non-hydrogen) atoms. The summed E-state index contributed by atoms with van der Waals surface area (Å²) in [6.07, 6.45) is 1.45. The fraction of sp³-hybridized carbons (Fsp3) is 0.583. The lowest BCUT2D eigenvalue weighted by Crippen LogP contribution is -2.28. The van der Waals surface area contributed by atoms with Crippen LogP contribution in [0.3, 0.4) is 0 Å². The van der Waals surface area contributed by atoms with Crippen LogP contribution in [0, 0.1) is 0 Å². The first-order valence-corrected chi connectivity index (χ1v) is 6.85. The van der Waals surface area contributed by atoms with E-state index in [1.54, 1.807) is 32.9 Å². The Bertz CT molecular complexity index is 453. The van der Waals surface area contributed by atoms with Crippen molar-refractivity contribution in [2.45, 2.75) is 50.2 Å². The summed E-state index contributed by atoms with van der Waals surface area (Å²) in [5.41, 5.74) is 0.910. The second-order valence-electron chi connectivity index (χ2n) is 5.19. The first-order chi connectivity index (χ1) is 7.16. The molecule has 0 saturated heterocycles. The lowest BCUT2D eigenvalue weighted by molar-refractivity contribution is 0.559. The fourth-order valence-electron chi connectivity index (χ4n) is 1.25. The van der Waals surface area contributed by atoms with Crippen molar-refractivity contribution in [3.8, 4) is 0 Å². The van der Waals surface area contributed by atoms with Crippen LogP contribution >= 0.6 is 0 Å². The van der Waals surface area contributed by atoms with E-state index in [1.807, 2.05) is 13.8 Å². The maximum absolute atomic E-state index is 12.1.